The van der Waals surface area contributed by atoms with Gasteiger partial charge in [0, 0.05) is 16.1 Å². The predicted molar refractivity (Wildman–Crippen MR) is 54.9 cm³/mol. The number of nitrogens with zero attached hydrogens (tertiary/aromatic N) is 1. The molecule has 4 heteroatoms. The van der Waals surface area contributed by atoms with Crippen molar-refractivity contribution in [1.29, 1.82) is 0 Å². The topological polar surface area (TPSA) is 43.1 Å². The molecule has 0 heterocycles. The van der Waals surface area contributed by atoms with Crippen molar-refractivity contribution in [1.82, 2.24) is 0 Å². The molecule has 0 N–H and O–H groups in total. The van der Waals surface area contributed by atoms with Crippen molar-refractivity contribution in [3.05, 3.63) is 37.8 Å². The molecule has 0 radical (unpaired) electrons. The predicted octanol–water partition coefficient (Wildman–Crippen LogP) is 3.23. The van der Waals surface area contributed by atoms with Crippen LogP contribution < -0.4 is 0 Å². The Bertz CT molecular complexity index is 350. The number of nitro benzene ring substituents is 1. The lowest BCUT2D eigenvalue weighted by atomic mass is 10.1. The fraction of sp³-hybridized carbons (Fsp3) is 0.333. The Morgan fingerprint density at radius 2 is 2.15 bits per heavy atom. The lowest BCUT2D eigenvalue weighted by Crippen LogP contribution is -1.94. The minimum Gasteiger partial charge on any atom is -0.258 e. The third kappa shape index (κ3) is 1.88. The van der Waals surface area contributed by atoms with Crippen LogP contribution in [0, 0.1) is 17.0 Å². The smallest absolute Gasteiger partial charge is 0.258 e. The molecule has 0 atom stereocenters. The molecule has 0 unspecified atom stereocenters. The van der Waals surface area contributed by atoms with E-state index >= 15 is 0 Å². The van der Waals surface area contributed by atoms with Crippen molar-refractivity contribution in [2.45, 2.75) is 20.3 Å². The van der Waals surface area contributed by atoms with Crippen LogP contribution >= 0.6 is 15.9 Å². The number of nitro groups is 1. The van der Waals surface area contributed by atoms with E-state index in [0.29, 0.717) is 5.56 Å². The van der Waals surface area contributed by atoms with E-state index in [9.17, 15) is 10.1 Å². The number of halogens is 1. The van der Waals surface area contributed by atoms with Gasteiger partial charge in [-0.1, -0.05) is 13.0 Å². The largest absolute Gasteiger partial charge is 0.273 e. The van der Waals surface area contributed by atoms with Crippen molar-refractivity contribution in [3.63, 3.8) is 0 Å². The molecule has 0 saturated heterocycles. The van der Waals surface area contributed by atoms with Crippen LogP contribution in [0.1, 0.15) is 18.1 Å². The second-order valence-corrected chi connectivity index (χ2v) is 3.59. The highest BCUT2D eigenvalue weighted by molar-refractivity contribution is 9.10. The Morgan fingerprint density at radius 3 is 2.62 bits per heavy atom. The summed E-state index contributed by atoms with van der Waals surface area (Å²) in [5.74, 6) is 0. The van der Waals surface area contributed by atoms with Crippen molar-refractivity contribution in [3.8, 4) is 0 Å². The maximum absolute atomic E-state index is 10.6. The van der Waals surface area contributed by atoms with Crippen LogP contribution in [0.25, 0.3) is 0 Å². The lowest BCUT2D eigenvalue weighted by Gasteiger charge is -2.04. The zero-order valence-corrected chi connectivity index (χ0v) is 9.09. The van der Waals surface area contributed by atoms with E-state index in [1.54, 1.807) is 19.1 Å². The van der Waals surface area contributed by atoms with E-state index in [1.165, 1.54) is 0 Å². The normalized spacial score (nSPS) is 10.1. The van der Waals surface area contributed by atoms with Crippen molar-refractivity contribution in [2.24, 2.45) is 0 Å². The summed E-state index contributed by atoms with van der Waals surface area (Å²) in [4.78, 5) is 10.2. The Balaban J connectivity index is 3.31. The van der Waals surface area contributed by atoms with Crippen molar-refractivity contribution >= 4 is 21.6 Å². The summed E-state index contributed by atoms with van der Waals surface area (Å²) in [6, 6.07) is 3.34. The third-order valence-corrected chi connectivity index (χ3v) is 3.12. The van der Waals surface area contributed by atoms with E-state index in [2.05, 4.69) is 15.9 Å². The maximum Gasteiger partial charge on any atom is 0.273 e. The second kappa shape index (κ2) is 3.87. The van der Waals surface area contributed by atoms with Gasteiger partial charge in [0.05, 0.1) is 4.92 Å². The lowest BCUT2D eigenvalue weighted by molar-refractivity contribution is -0.385. The summed E-state index contributed by atoms with van der Waals surface area (Å²) in [7, 11) is 0. The molecule has 1 aromatic rings. The third-order valence-electron chi connectivity index (χ3n) is 2.02. The number of benzene rings is 1. The average Bonchev–Trinajstić information content (AvgIpc) is 2.09. The molecular formula is C9H10BrNO2. The number of hydrogen-bond acceptors (Lipinski definition) is 2. The molecule has 0 fully saturated rings. The molecule has 1 aromatic carbocycles. The minimum absolute atomic E-state index is 0.170. The zero-order chi connectivity index (χ0) is 10.0. The Morgan fingerprint density at radius 1 is 1.54 bits per heavy atom. The molecule has 0 aliphatic rings. The summed E-state index contributed by atoms with van der Waals surface area (Å²) in [6.45, 7) is 3.77. The molecule has 0 aromatic heterocycles. The summed E-state index contributed by atoms with van der Waals surface area (Å²) in [5, 5.41) is 10.6. The highest BCUT2D eigenvalue weighted by atomic mass is 79.9. The molecule has 0 aliphatic carbocycles. The monoisotopic (exact) mass is 243 g/mol. The van der Waals surface area contributed by atoms with Gasteiger partial charge in [-0.05, 0) is 34.8 Å². The Kier molecular flexibility index (Phi) is 3.03. The van der Waals surface area contributed by atoms with Gasteiger partial charge in [0.2, 0.25) is 0 Å². The number of hydrogen-bond donors (Lipinski definition) is 0. The van der Waals surface area contributed by atoms with Crippen LogP contribution in [0.2, 0.25) is 0 Å². The maximum atomic E-state index is 10.6. The van der Waals surface area contributed by atoms with Gasteiger partial charge >= 0.3 is 0 Å². The van der Waals surface area contributed by atoms with Gasteiger partial charge in [0.15, 0.2) is 0 Å². The summed E-state index contributed by atoms with van der Waals surface area (Å²) in [5.41, 5.74) is 1.97. The SMILES string of the molecule is CCc1ccc([N+](=O)[O-])c(C)c1Br. The fourth-order valence-corrected chi connectivity index (χ4v) is 1.82. The second-order valence-electron chi connectivity index (χ2n) is 2.79. The number of rotatable bonds is 2. The summed E-state index contributed by atoms with van der Waals surface area (Å²) >= 11 is 3.36. The van der Waals surface area contributed by atoms with Gasteiger partial charge in [-0.2, -0.15) is 0 Å². The van der Waals surface area contributed by atoms with Gasteiger partial charge in [-0.15, -0.1) is 0 Å². The number of aryl methyl sites for hydroxylation is 1. The van der Waals surface area contributed by atoms with Crippen molar-refractivity contribution in [2.75, 3.05) is 0 Å². The van der Waals surface area contributed by atoms with Crippen LogP contribution in [-0.4, -0.2) is 4.92 Å². The van der Waals surface area contributed by atoms with Crippen LogP contribution in [0.3, 0.4) is 0 Å². The fourth-order valence-electron chi connectivity index (χ4n) is 1.20. The van der Waals surface area contributed by atoms with Crippen LogP contribution in [0.4, 0.5) is 5.69 Å². The highest BCUT2D eigenvalue weighted by Gasteiger charge is 2.14. The van der Waals surface area contributed by atoms with E-state index in [0.717, 1.165) is 16.5 Å². The van der Waals surface area contributed by atoms with Gasteiger partial charge in [0.1, 0.15) is 0 Å². The molecule has 13 heavy (non-hydrogen) atoms. The van der Waals surface area contributed by atoms with Crippen molar-refractivity contribution < 1.29 is 4.92 Å². The molecule has 0 bridgehead atoms. The van der Waals surface area contributed by atoms with Gasteiger partial charge in [0.25, 0.3) is 5.69 Å². The Hall–Kier alpha value is -0.900. The van der Waals surface area contributed by atoms with Gasteiger partial charge in [-0.25, -0.2) is 0 Å². The van der Waals surface area contributed by atoms with E-state index in [-0.39, 0.29) is 10.6 Å². The quantitative estimate of drug-likeness (QED) is 0.592. The van der Waals surface area contributed by atoms with E-state index < -0.39 is 0 Å². The summed E-state index contributed by atoms with van der Waals surface area (Å²) < 4.78 is 0.851. The first kappa shape index (κ1) is 10.2. The van der Waals surface area contributed by atoms with Crippen LogP contribution in [0.15, 0.2) is 16.6 Å². The standard InChI is InChI=1S/C9H10BrNO2/c1-3-7-4-5-8(11(12)13)6(2)9(7)10/h4-5H,3H2,1-2H3. The Labute approximate surface area is 85.0 Å². The molecule has 0 aliphatic heterocycles. The van der Waals surface area contributed by atoms with E-state index in [4.69, 9.17) is 0 Å². The molecule has 0 spiro atoms. The first-order chi connectivity index (χ1) is 6.07. The molecular weight excluding hydrogens is 234 g/mol. The summed E-state index contributed by atoms with van der Waals surface area (Å²) in [6.07, 6.45) is 0.874. The molecule has 1 rings (SSSR count). The molecule has 0 saturated carbocycles. The van der Waals surface area contributed by atoms with Gasteiger partial charge < -0.3 is 0 Å². The first-order valence-electron chi connectivity index (χ1n) is 4.00. The first-order valence-corrected chi connectivity index (χ1v) is 4.79. The van der Waals surface area contributed by atoms with Gasteiger partial charge in [-0.3, -0.25) is 10.1 Å². The van der Waals surface area contributed by atoms with E-state index in [1.807, 2.05) is 6.92 Å². The highest BCUT2D eigenvalue weighted by Crippen LogP contribution is 2.29. The molecule has 70 valence electrons. The minimum atomic E-state index is -0.362. The zero-order valence-electron chi connectivity index (χ0n) is 7.50. The molecule has 3 nitrogen and oxygen atoms in total. The van der Waals surface area contributed by atoms with Crippen LogP contribution in [-0.2, 0) is 6.42 Å². The van der Waals surface area contributed by atoms with Crippen LogP contribution in [0.5, 0.6) is 0 Å². The molecule has 0 amide bonds. The average molecular weight is 244 g/mol.